The molecule has 5 rings (SSSR count). The number of nitrogens with two attached hydrogens (primary N) is 1. The van der Waals surface area contributed by atoms with Gasteiger partial charge in [0.2, 0.25) is 5.91 Å². The van der Waals surface area contributed by atoms with Crippen molar-refractivity contribution in [3.63, 3.8) is 0 Å². The highest BCUT2D eigenvalue weighted by Crippen LogP contribution is 2.47. The van der Waals surface area contributed by atoms with Crippen LogP contribution in [-0.4, -0.2) is 67.8 Å². The number of aromatic nitrogens is 1. The Balaban J connectivity index is 0.000000517. The molecule has 1 aromatic carbocycles. The van der Waals surface area contributed by atoms with Crippen molar-refractivity contribution in [1.82, 2.24) is 4.90 Å². The summed E-state index contributed by atoms with van der Waals surface area (Å²) < 4.78 is 31.7. The summed E-state index contributed by atoms with van der Waals surface area (Å²) in [5.41, 5.74) is 2.87. The number of piperidine rings is 1. The van der Waals surface area contributed by atoms with Crippen LogP contribution in [0, 0.1) is 11.8 Å². The maximum absolute atomic E-state index is 14.5. The lowest BCUT2D eigenvalue weighted by molar-refractivity contribution is -0.823. The highest BCUT2D eigenvalue weighted by molar-refractivity contribution is 7.14. The Kier molecular flexibility index (Phi) is 10.4. The lowest BCUT2D eigenvalue weighted by Gasteiger charge is -2.45. The van der Waals surface area contributed by atoms with E-state index < -0.39 is 12.1 Å². The predicted octanol–water partition coefficient (Wildman–Crippen LogP) is 2.95. The number of carbonyl (C=O) groups is 2. The molecule has 232 valence electrons. The number of carboxylic acids is 1. The minimum atomic E-state index is -5.08. The number of carbonyl (C=O) groups excluding carboxylic acids is 1. The second-order valence-electron chi connectivity index (χ2n) is 12.3. The van der Waals surface area contributed by atoms with E-state index in [-0.39, 0.29) is 11.3 Å². The molecule has 2 saturated heterocycles. The number of amides is 1. The first-order valence-corrected chi connectivity index (χ1v) is 16.1. The van der Waals surface area contributed by atoms with Gasteiger partial charge in [-0.1, -0.05) is 57.0 Å². The Morgan fingerprint density at radius 1 is 1.21 bits per heavy atom. The third kappa shape index (κ3) is 6.68. The third-order valence-corrected chi connectivity index (χ3v) is 11.2. The number of quaternary nitrogens is 2. The number of alkyl halides is 3. The molecule has 2 aliphatic heterocycles. The molecule has 1 aliphatic carbocycles. The van der Waals surface area contributed by atoms with Gasteiger partial charge in [0.05, 0.1) is 37.5 Å². The van der Waals surface area contributed by atoms with Crippen molar-refractivity contribution in [3.8, 4) is 0 Å². The Morgan fingerprint density at radius 2 is 1.88 bits per heavy atom. The highest BCUT2D eigenvalue weighted by Gasteiger charge is 2.58. The predicted molar refractivity (Wildman–Crippen MR) is 155 cm³/mol. The van der Waals surface area contributed by atoms with E-state index in [1.165, 1.54) is 32.6 Å². The van der Waals surface area contributed by atoms with Crippen LogP contribution in [0.2, 0.25) is 0 Å². The summed E-state index contributed by atoms with van der Waals surface area (Å²) in [5.74, 6) is -1.07. The van der Waals surface area contributed by atoms with Crippen LogP contribution < -0.4 is 15.2 Å². The van der Waals surface area contributed by atoms with Crippen molar-refractivity contribution in [2.45, 2.75) is 82.3 Å². The van der Waals surface area contributed by atoms with Gasteiger partial charge < -0.3 is 15.3 Å². The van der Waals surface area contributed by atoms with E-state index in [9.17, 15) is 18.0 Å². The Labute approximate surface area is 250 Å². The normalized spacial score (nSPS) is 25.8. The summed E-state index contributed by atoms with van der Waals surface area (Å²) >= 11 is 1.94. The fraction of sp³-hybridized carbons (Fsp3) is 0.645. The third-order valence-electron chi connectivity index (χ3n) is 9.61. The number of likely N-dealkylation sites (tertiary alicyclic amines) is 1. The first-order chi connectivity index (χ1) is 19.9. The first kappa shape index (κ1) is 32.4. The van der Waals surface area contributed by atoms with Crippen LogP contribution in [0.5, 0.6) is 0 Å². The van der Waals surface area contributed by atoms with Gasteiger partial charge in [-0.15, -0.1) is 0 Å². The lowest BCUT2D eigenvalue weighted by atomic mass is 9.68. The number of nitrogens with one attached hydrogen (secondary N) is 2. The minimum absolute atomic E-state index is 0.00822. The van der Waals surface area contributed by atoms with Gasteiger partial charge in [-0.3, -0.25) is 4.79 Å². The zero-order valence-corrected chi connectivity index (χ0v) is 25.9. The maximum atomic E-state index is 14.5. The van der Waals surface area contributed by atoms with E-state index >= 15 is 0 Å². The Morgan fingerprint density at radius 3 is 2.48 bits per heavy atom. The molecular formula is C31H46F3N4O3S+3. The van der Waals surface area contributed by atoms with E-state index in [1.807, 2.05) is 11.3 Å². The van der Waals surface area contributed by atoms with E-state index in [1.54, 1.807) is 0 Å². The zero-order chi connectivity index (χ0) is 30.7. The van der Waals surface area contributed by atoms with Gasteiger partial charge in [-0.05, 0) is 54.4 Å². The summed E-state index contributed by atoms with van der Waals surface area (Å²) in [7, 11) is 4.39. The monoisotopic (exact) mass is 611 g/mol. The van der Waals surface area contributed by atoms with Crippen LogP contribution in [0.3, 0.4) is 0 Å². The molecule has 1 amide bonds. The number of nitrogens with zero attached hydrogens (tertiary/aromatic N) is 1. The van der Waals surface area contributed by atoms with E-state index in [0.717, 1.165) is 58.2 Å². The Hall–Kier alpha value is -2.50. The molecule has 1 unspecified atom stereocenters. The molecule has 42 heavy (non-hydrogen) atoms. The SMILES string of the molecule is CCC(CC)C1C[C@H](c2ccccc2)CCN1C(=O)[C@@H]1C[NH2+]C[C@]12CCCc1[nH+]c([NH+](C)C)sc12.O=C(O)C(F)(F)F. The number of halogens is 3. The summed E-state index contributed by atoms with van der Waals surface area (Å²) in [5, 5.41) is 10.9. The van der Waals surface area contributed by atoms with Crippen molar-refractivity contribution < 1.29 is 43.1 Å². The summed E-state index contributed by atoms with van der Waals surface area (Å²) in [6.45, 7) is 7.53. The van der Waals surface area contributed by atoms with Crippen molar-refractivity contribution in [1.29, 1.82) is 0 Å². The maximum Gasteiger partial charge on any atom is 0.490 e. The molecular weight excluding hydrogens is 565 g/mol. The van der Waals surface area contributed by atoms with Crippen molar-refractivity contribution in [2.24, 2.45) is 11.8 Å². The molecule has 0 saturated carbocycles. The summed E-state index contributed by atoms with van der Waals surface area (Å²) in [4.78, 5) is 32.3. The average Bonchev–Trinajstić information content (AvgIpc) is 3.60. The lowest BCUT2D eigenvalue weighted by Crippen LogP contribution is -3.01. The summed E-state index contributed by atoms with van der Waals surface area (Å²) in [6.07, 6.45) is 2.87. The molecule has 0 radical (unpaired) electrons. The van der Waals surface area contributed by atoms with Crippen LogP contribution in [0.1, 0.15) is 74.4 Å². The van der Waals surface area contributed by atoms with Gasteiger partial charge in [0.1, 0.15) is 5.92 Å². The molecule has 1 spiro atoms. The molecule has 2 fully saturated rings. The van der Waals surface area contributed by atoms with Crippen LogP contribution in [0.25, 0.3) is 0 Å². The molecule has 0 bridgehead atoms. The van der Waals surface area contributed by atoms with Gasteiger partial charge in [0.15, 0.2) is 5.69 Å². The van der Waals surface area contributed by atoms with Crippen LogP contribution in [0.4, 0.5) is 18.3 Å². The van der Waals surface area contributed by atoms with Gasteiger partial charge in [-0.25, -0.2) is 9.69 Å². The van der Waals surface area contributed by atoms with Gasteiger partial charge >= 0.3 is 17.3 Å². The van der Waals surface area contributed by atoms with Crippen LogP contribution in [-0.2, 0) is 21.4 Å². The van der Waals surface area contributed by atoms with Gasteiger partial charge in [0.25, 0.3) is 0 Å². The van der Waals surface area contributed by atoms with Crippen LogP contribution >= 0.6 is 11.3 Å². The van der Waals surface area contributed by atoms with E-state index in [2.05, 4.69) is 73.5 Å². The number of thiazole rings is 1. The molecule has 11 heteroatoms. The van der Waals surface area contributed by atoms with Gasteiger partial charge in [0, 0.05) is 19.0 Å². The molecule has 3 aliphatic rings. The van der Waals surface area contributed by atoms with E-state index in [0.29, 0.717) is 23.8 Å². The number of hydrogen-bond acceptors (Lipinski definition) is 3. The quantitative estimate of drug-likeness (QED) is 0.469. The molecule has 1 aromatic heterocycles. The highest BCUT2D eigenvalue weighted by atomic mass is 32.1. The molecule has 2 aromatic rings. The number of rotatable bonds is 6. The molecule has 3 heterocycles. The number of aryl methyl sites for hydroxylation is 1. The molecule has 4 atom stereocenters. The average molecular weight is 612 g/mol. The number of carboxylic acid groups (broad SMARTS) is 1. The second kappa shape index (κ2) is 13.4. The largest absolute Gasteiger partial charge is 0.490 e. The smallest absolute Gasteiger partial charge is 0.475 e. The number of benzene rings is 1. The first-order valence-electron chi connectivity index (χ1n) is 15.3. The number of hydrogen-bond donors (Lipinski definition) is 3. The van der Waals surface area contributed by atoms with Crippen molar-refractivity contribution in [2.75, 3.05) is 33.7 Å². The topological polar surface area (TPSA) is 92.8 Å². The van der Waals surface area contributed by atoms with Gasteiger partial charge in [-0.2, -0.15) is 18.2 Å². The molecule has 5 N–H and O–H groups in total. The number of aromatic amines is 1. The molecule has 7 nitrogen and oxygen atoms in total. The van der Waals surface area contributed by atoms with E-state index in [4.69, 9.17) is 9.90 Å². The standard InChI is InChI=1S/C29H42N4OS.C2HF3O2/c1-5-20(6-2)25-17-22(21-11-8-7-9-12-21)14-16-33(25)27(34)23-18-30-19-29(23)15-10-13-24-26(29)35-28(31-24)32(3)4;3-2(4,5)1(6)7/h7-9,11-12,20,22-23,25,30H,5-6,10,13-19H2,1-4H3;(H,6,7)/p+3/t22-,23+,25?,29-;/m1./s1. The Bertz CT molecular complexity index is 1220. The number of fused-ring (bicyclic) bond motifs is 2. The van der Waals surface area contributed by atoms with Crippen LogP contribution in [0.15, 0.2) is 30.3 Å². The summed E-state index contributed by atoms with van der Waals surface area (Å²) in [6, 6.07) is 11.4. The number of H-pyrrole nitrogens is 1. The second-order valence-corrected chi connectivity index (χ2v) is 13.3. The minimum Gasteiger partial charge on any atom is -0.475 e. The van der Waals surface area contributed by atoms with Crippen molar-refractivity contribution >= 4 is 28.3 Å². The van der Waals surface area contributed by atoms with Crippen molar-refractivity contribution in [3.05, 3.63) is 46.5 Å². The number of aliphatic carboxylic acids is 1. The fourth-order valence-corrected chi connectivity index (χ4v) is 8.79. The fourth-order valence-electron chi connectivity index (χ4n) is 7.40. The zero-order valence-electron chi connectivity index (χ0n) is 25.1.